The van der Waals surface area contributed by atoms with Gasteiger partial charge >= 0.3 is 0 Å². The lowest BCUT2D eigenvalue weighted by Gasteiger charge is -2.14. The van der Waals surface area contributed by atoms with Gasteiger partial charge in [0.15, 0.2) is 0 Å². The predicted octanol–water partition coefficient (Wildman–Crippen LogP) is 1.88. The van der Waals surface area contributed by atoms with Crippen LogP contribution >= 0.6 is 11.6 Å². The molecule has 0 amide bonds. The number of hydrogen-bond donors (Lipinski definition) is 1. The summed E-state index contributed by atoms with van der Waals surface area (Å²) in [6, 6.07) is 7.43. The van der Waals surface area contributed by atoms with Gasteiger partial charge in [0.2, 0.25) is 0 Å². The summed E-state index contributed by atoms with van der Waals surface area (Å²) >= 11 is 5.84. The molecule has 0 bridgehead atoms. The zero-order chi connectivity index (χ0) is 10.6. The minimum atomic E-state index is 0.381. The molecule has 1 aromatic carbocycles. The van der Waals surface area contributed by atoms with Crippen LogP contribution in [-0.4, -0.2) is 18.5 Å². The van der Waals surface area contributed by atoms with Crippen molar-refractivity contribution in [2.45, 2.75) is 6.54 Å². The third-order valence-electron chi connectivity index (χ3n) is 1.89. The molecule has 1 rings (SSSR count). The normalized spacial score (nSPS) is 10.1. The summed E-state index contributed by atoms with van der Waals surface area (Å²) in [6.07, 6.45) is 0. The number of nitrogens with two attached hydrogens (primary N) is 1. The van der Waals surface area contributed by atoms with E-state index in [2.05, 4.69) is 6.07 Å². The smallest absolute Gasteiger partial charge is 0.0866 e. The van der Waals surface area contributed by atoms with Gasteiger partial charge in [-0.1, -0.05) is 11.6 Å². The molecule has 0 aliphatic rings. The Bertz CT molecular complexity index is 357. The minimum absolute atomic E-state index is 0.381. The Kier molecular flexibility index (Phi) is 3.75. The van der Waals surface area contributed by atoms with E-state index in [4.69, 9.17) is 22.6 Å². The van der Waals surface area contributed by atoms with Gasteiger partial charge in [0.05, 0.1) is 12.6 Å². The third-order valence-corrected chi connectivity index (χ3v) is 2.12. The minimum Gasteiger partial charge on any atom is -0.398 e. The summed E-state index contributed by atoms with van der Waals surface area (Å²) in [6.45, 7) is 1.02. The molecule has 2 N–H and O–H groups in total. The van der Waals surface area contributed by atoms with Crippen LogP contribution in [0.1, 0.15) is 5.56 Å². The molecule has 0 aliphatic carbocycles. The van der Waals surface area contributed by atoms with E-state index in [9.17, 15) is 0 Å². The predicted molar refractivity (Wildman–Crippen MR) is 57.8 cm³/mol. The van der Waals surface area contributed by atoms with Crippen LogP contribution in [0.2, 0.25) is 5.02 Å². The number of anilines is 1. The number of benzene rings is 1. The molecule has 3 nitrogen and oxygen atoms in total. The van der Waals surface area contributed by atoms with Crippen molar-refractivity contribution in [3.05, 3.63) is 28.8 Å². The Hall–Kier alpha value is -1.24. The fraction of sp³-hybridized carbons (Fsp3) is 0.300. The molecule has 0 radical (unpaired) electrons. The molecule has 14 heavy (non-hydrogen) atoms. The molecule has 0 aliphatic heterocycles. The highest BCUT2D eigenvalue weighted by atomic mass is 35.5. The Morgan fingerprint density at radius 3 is 2.93 bits per heavy atom. The standard InChI is InChI=1S/C10H12ClN3/c1-14(5-4-12)7-8-6-9(11)2-3-10(8)13/h2-3,6H,5,7,13H2,1H3. The lowest BCUT2D eigenvalue weighted by molar-refractivity contribution is 0.368. The van der Waals surface area contributed by atoms with Gasteiger partial charge in [-0.15, -0.1) is 0 Å². The molecular weight excluding hydrogens is 198 g/mol. The third kappa shape index (κ3) is 2.91. The fourth-order valence-electron chi connectivity index (χ4n) is 1.18. The molecule has 1 aromatic rings. The van der Waals surface area contributed by atoms with Crippen LogP contribution in [0, 0.1) is 11.3 Å². The van der Waals surface area contributed by atoms with Crippen LogP contribution < -0.4 is 5.73 Å². The SMILES string of the molecule is CN(CC#N)Cc1cc(Cl)ccc1N. The van der Waals surface area contributed by atoms with Crippen molar-refractivity contribution < 1.29 is 0 Å². The maximum absolute atomic E-state index is 8.49. The summed E-state index contributed by atoms with van der Waals surface area (Å²) in [7, 11) is 1.86. The van der Waals surface area contributed by atoms with Crippen molar-refractivity contribution in [3.63, 3.8) is 0 Å². The highest BCUT2D eigenvalue weighted by Gasteiger charge is 2.03. The molecule has 0 saturated heterocycles. The molecule has 0 aromatic heterocycles. The quantitative estimate of drug-likeness (QED) is 0.611. The van der Waals surface area contributed by atoms with Gasteiger partial charge in [-0.3, -0.25) is 4.90 Å². The molecule has 0 heterocycles. The van der Waals surface area contributed by atoms with Crippen LogP contribution in [-0.2, 0) is 6.54 Å². The van der Waals surface area contributed by atoms with E-state index in [1.54, 1.807) is 12.1 Å². The van der Waals surface area contributed by atoms with Crippen LogP contribution in [0.25, 0.3) is 0 Å². The number of halogens is 1. The maximum atomic E-state index is 8.49. The van der Waals surface area contributed by atoms with E-state index >= 15 is 0 Å². The van der Waals surface area contributed by atoms with Gasteiger partial charge in [0.1, 0.15) is 0 Å². The highest BCUT2D eigenvalue weighted by Crippen LogP contribution is 2.18. The van der Waals surface area contributed by atoms with Gasteiger partial charge in [-0.05, 0) is 30.8 Å². The average Bonchev–Trinajstić information content (AvgIpc) is 2.12. The molecule has 0 spiro atoms. The lowest BCUT2D eigenvalue weighted by Crippen LogP contribution is -2.18. The second-order valence-electron chi connectivity index (χ2n) is 3.17. The molecule has 0 atom stereocenters. The Morgan fingerprint density at radius 2 is 2.29 bits per heavy atom. The van der Waals surface area contributed by atoms with Crippen molar-refractivity contribution in [1.29, 1.82) is 5.26 Å². The number of nitrogen functional groups attached to an aromatic ring is 1. The molecule has 0 fully saturated rings. The lowest BCUT2D eigenvalue weighted by atomic mass is 10.2. The monoisotopic (exact) mass is 209 g/mol. The molecule has 74 valence electrons. The van der Waals surface area contributed by atoms with E-state index in [-0.39, 0.29) is 0 Å². The molecule has 0 saturated carbocycles. The van der Waals surface area contributed by atoms with Gasteiger partial charge < -0.3 is 5.73 Å². The summed E-state index contributed by atoms with van der Waals surface area (Å²) in [5.41, 5.74) is 7.43. The van der Waals surface area contributed by atoms with E-state index in [0.717, 1.165) is 5.56 Å². The first-order chi connectivity index (χ1) is 6.63. The Balaban J connectivity index is 2.76. The number of nitriles is 1. The van der Waals surface area contributed by atoms with Gasteiger partial charge in [0, 0.05) is 17.3 Å². The molecule has 0 unspecified atom stereocenters. The van der Waals surface area contributed by atoms with E-state index in [0.29, 0.717) is 23.8 Å². The first-order valence-corrected chi connectivity index (χ1v) is 4.60. The molecular formula is C10H12ClN3. The van der Waals surface area contributed by atoms with E-state index in [1.165, 1.54) is 0 Å². The molecule has 4 heteroatoms. The van der Waals surface area contributed by atoms with Crippen molar-refractivity contribution in [2.75, 3.05) is 19.3 Å². The first kappa shape index (κ1) is 10.8. The largest absolute Gasteiger partial charge is 0.398 e. The van der Waals surface area contributed by atoms with Crippen LogP contribution in [0.5, 0.6) is 0 Å². The van der Waals surface area contributed by atoms with Gasteiger partial charge in [-0.2, -0.15) is 5.26 Å². The van der Waals surface area contributed by atoms with Crippen LogP contribution in [0.3, 0.4) is 0 Å². The topological polar surface area (TPSA) is 53.0 Å². The van der Waals surface area contributed by atoms with Gasteiger partial charge in [-0.25, -0.2) is 0 Å². The number of hydrogen-bond acceptors (Lipinski definition) is 3. The van der Waals surface area contributed by atoms with Crippen LogP contribution in [0.15, 0.2) is 18.2 Å². The van der Waals surface area contributed by atoms with Crippen molar-refractivity contribution in [3.8, 4) is 6.07 Å². The van der Waals surface area contributed by atoms with Crippen LogP contribution in [0.4, 0.5) is 5.69 Å². The summed E-state index contributed by atoms with van der Waals surface area (Å²) < 4.78 is 0. The average molecular weight is 210 g/mol. The summed E-state index contributed by atoms with van der Waals surface area (Å²) in [5, 5.41) is 9.16. The second kappa shape index (κ2) is 4.85. The summed E-state index contributed by atoms with van der Waals surface area (Å²) in [5.74, 6) is 0. The zero-order valence-electron chi connectivity index (χ0n) is 8.00. The second-order valence-corrected chi connectivity index (χ2v) is 3.61. The Morgan fingerprint density at radius 1 is 1.57 bits per heavy atom. The number of rotatable bonds is 3. The fourth-order valence-corrected chi connectivity index (χ4v) is 1.37. The first-order valence-electron chi connectivity index (χ1n) is 4.23. The van der Waals surface area contributed by atoms with Crippen molar-refractivity contribution in [2.24, 2.45) is 0 Å². The van der Waals surface area contributed by atoms with Gasteiger partial charge in [0.25, 0.3) is 0 Å². The van der Waals surface area contributed by atoms with Crippen molar-refractivity contribution in [1.82, 2.24) is 4.90 Å². The summed E-state index contributed by atoms with van der Waals surface area (Å²) in [4.78, 5) is 1.88. The Labute approximate surface area is 88.7 Å². The number of nitrogens with zero attached hydrogens (tertiary/aromatic N) is 2. The van der Waals surface area contributed by atoms with Crippen molar-refractivity contribution >= 4 is 17.3 Å². The highest BCUT2D eigenvalue weighted by molar-refractivity contribution is 6.30. The zero-order valence-corrected chi connectivity index (χ0v) is 8.75. The van der Waals surface area contributed by atoms with E-state index in [1.807, 2.05) is 18.0 Å². The maximum Gasteiger partial charge on any atom is 0.0866 e. The van der Waals surface area contributed by atoms with E-state index < -0.39 is 0 Å².